The second-order valence-electron chi connectivity index (χ2n) is 11.3. The van der Waals surface area contributed by atoms with Crippen molar-refractivity contribution in [3.05, 3.63) is 70.4 Å². The summed E-state index contributed by atoms with van der Waals surface area (Å²) in [6.07, 6.45) is 11.8. The molecule has 4 aromatic rings. The Morgan fingerprint density at radius 3 is 2.55 bits per heavy atom. The van der Waals surface area contributed by atoms with Gasteiger partial charge < -0.3 is 10.4 Å². The van der Waals surface area contributed by atoms with Gasteiger partial charge in [0.15, 0.2) is 0 Å². The van der Waals surface area contributed by atoms with E-state index in [-0.39, 0.29) is 22.1 Å². The predicted octanol–water partition coefficient (Wildman–Crippen LogP) is 3.01. The number of hydrogen-bond acceptors (Lipinski definition) is 8. The van der Waals surface area contributed by atoms with E-state index in [9.17, 15) is 18.3 Å². The van der Waals surface area contributed by atoms with Gasteiger partial charge in [0, 0.05) is 30.7 Å². The number of hydrogen-bond donors (Lipinski definition) is 2. The Balaban J connectivity index is 1.21. The largest absolute Gasteiger partial charge is 0.388 e. The highest BCUT2D eigenvalue weighted by Crippen LogP contribution is 2.39. The van der Waals surface area contributed by atoms with Crippen LogP contribution in [0.3, 0.4) is 0 Å². The molecule has 2 N–H and O–H groups in total. The van der Waals surface area contributed by atoms with E-state index in [0.29, 0.717) is 61.4 Å². The number of fused-ring (bicyclic) bond motifs is 1. The molecule has 218 valence electrons. The van der Waals surface area contributed by atoms with Crippen molar-refractivity contribution in [3.8, 4) is 18.0 Å². The summed E-state index contributed by atoms with van der Waals surface area (Å²) in [5.74, 6) is 2.79. The lowest BCUT2D eigenvalue weighted by Crippen LogP contribution is -2.42. The Kier molecular flexibility index (Phi) is 7.12. The fourth-order valence-electron chi connectivity index (χ4n) is 6.16. The van der Waals surface area contributed by atoms with Crippen LogP contribution < -0.4 is 10.9 Å². The van der Waals surface area contributed by atoms with E-state index >= 15 is 0 Å². The number of piperidine rings is 1. The van der Waals surface area contributed by atoms with Gasteiger partial charge in [0.05, 0.1) is 34.8 Å². The van der Waals surface area contributed by atoms with E-state index in [1.165, 1.54) is 15.1 Å². The minimum absolute atomic E-state index is 0.0678. The summed E-state index contributed by atoms with van der Waals surface area (Å²) >= 11 is 0. The van der Waals surface area contributed by atoms with Gasteiger partial charge in [-0.3, -0.25) is 9.36 Å². The number of para-hydroxylation sites is 1. The molecular weight excluding hydrogens is 554 g/mol. The van der Waals surface area contributed by atoms with Crippen molar-refractivity contribution in [1.29, 1.82) is 0 Å². The van der Waals surface area contributed by atoms with E-state index in [4.69, 9.17) is 11.4 Å². The third-order valence-corrected chi connectivity index (χ3v) is 10.5. The highest BCUT2D eigenvalue weighted by molar-refractivity contribution is 7.89. The molecule has 2 atom stereocenters. The number of terminal acetylenes is 1. The van der Waals surface area contributed by atoms with Gasteiger partial charge >= 0.3 is 0 Å². The van der Waals surface area contributed by atoms with Crippen LogP contribution in [0, 0.1) is 19.3 Å². The normalized spacial score (nSPS) is 21.9. The molecule has 12 heteroatoms. The Morgan fingerprint density at radius 1 is 1.14 bits per heavy atom. The fourth-order valence-corrected chi connectivity index (χ4v) is 7.77. The van der Waals surface area contributed by atoms with Crippen LogP contribution in [-0.2, 0) is 10.0 Å². The van der Waals surface area contributed by atoms with Crippen molar-refractivity contribution in [3.63, 3.8) is 0 Å². The van der Waals surface area contributed by atoms with E-state index in [1.54, 1.807) is 30.8 Å². The van der Waals surface area contributed by atoms with Crippen molar-refractivity contribution in [2.45, 2.75) is 68.5 Å². The molecule has 1 saturated carbocycles. The molecule has 0 bridgehead atoms. The number of rotatable bonds is 6. The molecule has 2 fully saturated rings. The van der Waals surface area contributed by atoms with E-state index < -0.39 is 21.7 Å². The first-order valence-corrected chi connectivity index (χ1v) is 15.5. The molecule has 4 heterocycles. The van der Waals surface area contributed by atoms with Crippen LogP contribution in [0.15, 0.2) is 58.5 Å². The molecule has 1 saturated heterocycles. The standard InChI is InChI=1S/C30H33N7O4S/c1-4-21-17-22-18-31-29(34-27(22)36(28(21)38)26-11-8-14-30(26,3)39)33-23-12-15-35(16-13-23)42(40,41)25-19-32-37(20(25)2)24-9-6-5-7-10-24/h1,5-7,9-10,17-19,23,26,39H,8,11-16H2,2-3H3,(H,31,33,34)/t26-,30-/m1/s1. The van der Waals surface area contributed by atoms with Crippen molar-refractivity contribution in [1.82, 2.24) is 28.6 Å². The SMILES string of the molecule is C#Cc1cc2cnc(NC3CCN(S(=O)(=O)c4cnn(-c5ccccc5)c4C)CC3)nc2n([C@@H]2CCC[C@@]2(C)O)c1=O. The lowest BCUT2D eigenvalue weighted by molar-refractivity contribution is 0.0266. The van der Waals surface area contributed by atoms with Crippen molar-refractivity contribution in [2.24, 2.45) is 0 Å². The first kappa shape index (κ1) is 28.1. The molecule has 42 heavy (non-hydrogen) atoms. The summed E-state index contributed by atoms with van der Waals surface area (Å²) in [4.78, 5) is 22.6. The zero-order chi connectivity index (χ0) is 29.6. The van der Waals surface area contributed by atoms with E-state index in [0.717, 1.165) is 12.1 Å². The second-order valence-corrected chi connectivity index (χ2v) is 13.2. The Labute approximate surface area is 244 Å². The summed E-state index contributed by atoms with van der Waals surface area (Å²) in [7, 11) is -3.73. The van der Waals surface area contributed by atoms with Crippen LogP contribution in [-0.4, -0.2) is 66.9 Å². The summed E-state index contributed by atoms with van der Waals surface area (Å²) < 4.78 is 31.7. The number of benzene rings is 1. The molecule has 0 unspecified atom stereocenters. The van der Waals surface area contributed by atoms with Gasteiger partial charge in [-0.25, -0.2) is 18.1 Å². The number of aromatic nitrogens is 5. The first-order chi connectivity index (χ1) is 20.1. The maximum absolute atomic E-state index is 13.5. The van der Waals surface area contributed by atoms with Gasteiger partial charge in [-0.2, -0.15) is 14.4 Å². The molecule has 3 aromatic heterocycles. The highest BCUT2D eigenvalue weighted by Gasteiger charge is 2.40. The molecule has 0 amide bonds. The van der Waals surface area contributed by atoms with Crippen LogP contribution >= 0.6 is 0 Å². The predicted molar refractivity (Wildman–Crippen MR) is 159 cm³/mol. The zero-order valence-corrected chi connectivity index (χ0v) is 24.4. The molecule has 6 rings (SSSR count). The number of aliphatic hydroxyl groups is 1. The average Bonchev–Trinajstić information content (AvgIpc) is 3.55. The number of nitrogens with one attached hydrogen (secondary N) is 1. The van der Waals surface area contributed by atoms with E-state index in [1.807, 2.05) is 30.3 Å². The molecule has 11 nitrogen and oxygen atoms in total. The molecule has 1 aliphatic carbocycles. The monoisotopic (exact) mass is 587 g/mol. The quantitative estimate of drug-likeness (QED) is 0.329. The number of nitrogens with zero attached hydrogens (tertiary/aromatic N) is 6. The molecule has 0 spiro atoms. The van der Waals surface area contributed by atoms with Gasteiger partial charge in [0.2, 0.25) is 16.0 Å². The average molecular weight is 588 g/mol. The fraction of sp³-hybridized carbons (Fsp3) is 0.400. The number of anilines is 1. The smallest absolute Gasteiger partial charge is 0.268 e. The van der Waals surface area contributed by atoms with Crippen molar-refractivity contribution >= 4 is 27.0 Å². The molecule has 1 aromatic carbocycles. The minimum Gasteiger partial charge on any atom is -0.388 e. The number of pyridine rings is 1. The lowest BCUT2D eigenvalue weighted by atomic mass is 9.99. The summed E-state index contributed by atoms with van der Waals surface area (Å²) in [6.45, 7) is 4.15. The minimum atomic E-state index is -3.73. The topological polar surface area (TPSA) is 135 Å². The number of sulfonamides is 1. The van der Waals surface area contributed by atoms with Crippen LogP contribution in [0.25, 0.3) is 16.7 Å². The summed E-state index contributed by atoms with van der Waals surface area (Å²) in [6, 6.07) is 10.5. The van der Waals surface area contributed by atoms with Gasteiger partial charge in [0.1, 0.15) is 10.5 Å². The maximum Gasteiger partial charge on any atom is 0.268 e. The third kappa shape index (κ3) is 4.87. The van der Waals surface area contributed by atoms with Crippen LogP contribution in [0.1, 0.15) is 56.3 Å². The Morgan fingerprint density at radius 2 is 1.88 bits per heavy atom. The third-order valence-electron chi connectivity index (χ3n) is 8.49. The first-order valence-electron chi connectivity index (χ1n) is 14.1. The molecule has 2 aliphatic rings. The zero-order valence-electron chi connectivity index (χ0n) is 23.6. The molecular formula is C30H33N7O4S. The lowest BCUT2D eigenvalue weighted by Gasteiger charge is -2.31. The van der Waals surface area contributed by atoms with Crippen LogP contribution in [0.4, 0.5) is 5.95 Å². The van der Waals surface area contributed by atoms with E-state index in [2.05, 4.69) is 21.3 Å². The van der Waals surface area contributed by atoms with Gasteiger partial charge in [-0.15, -0.1) is 6.42 Å². The molecule has 0 radical (unpaired) electrons. The maximum atomic E-state index is 13.5. The highest BCUT2D eigenvalue weighted by atomic mass is 32.2. The van der Waals surface area contributed by atoms with Crippen LogP contribution in [0.5, 0.6) is 0 Å². The summed E-state index contributed by atoms with van der Waals surface area (Å²) in [5, 5.41) is 19.3. The Hall–Kier alpha value is -4.05. The molecule has 1 aliphatic heterocycles. The van der Waals surface area contributed by atoms with Gasteiger partial charge in [-0.05, 0) is 64.2 Å². The van der Waals surface area contributed by atoms with Crippen molar-refractivity contribution < 1.29 is 13.5 Å². The van der Waals surface area contributed by atoms with Gasteiger partial charge in [-0.1, -0.05) is 24.1 Å². The summed E-state index contributed by atoms with van der Waals surface area (Å²) in [5.41, 5.74) is 0.559. The Bertz CT molecular complexity index is 1850. The van der Waals surface area contributed by atoms with Crippen molar-refractivity contribution in [2.75, 3.05) is 18.4 Å². The van der Waals surface area contributed by atoms with Crippen LogP contribution in [0.2, 0.25) is 0 Å². The van der Waals surface area contributed by atoms with Gasteiger partial charge in [0.25, 0.3) is 5.56 Å². The second kappa shape index (κ2) is 10.7.